The van der Waals surface area contributed by atoms with Crippen molar-refractivity contribution in [1.82, 2.24) is 20.3 Å². The topological polar surface area (TPSA) is 122 Å². The van der Waals surface area contributed by atoms with Gasteiger partial charge in [-0.1, -0.05) is 60.5 Å². The van der Waals surface area contributed by atoms with Gasteiger partial charge in [0.2, 0.25) is 17.6 Å². The fourth-order valence-electron chi connectivity index (χ4n) is 3.56. The van der Waals surface area contributed by atoms with Crippen molar-refractivity contribution >= 4 is 34.4 Å². The van der Waals surface area contributed by atoms with Crippen LogP contribution < -0.4 is 16.1 Å². The molecule has 0 saturated carbocycles. The Bertz CT molecular complexity index is 1220. The van der Waals surface area contributed by atoms with Gasteiger partial charge in [0.25, 0.3) is 5.91 Å². The lowest BCUT2D eigenvalue weighted by Gasteiger charge is -2.11. The first-order chi connectivity index (χ1) is 21.0. The molecule has 0 bridgehead atoms. The van der Waals surface area contributed by atoms with E-state index < -0.39 is 11.9 Å². The minimum absolute atomic E-state index is 0.0532. The Morgan fingerprint density at radius 3 is 2.20 bits per heavy atom. The molecule has 248 valence electrons. The largest absolute Gasteiger partial charge is 0.447 e. The minimum Gasteiger partial charge on any atom is -0.447 e. The summed E-state index contributed by atoms with van der Waals surface area (Å²) in [5.74, 6) is -1.74. The molecule has 0 aromatic carbocycles. The van der Waals surface area contributed by atoms with Gasteiger partial charge in [0.1, 0.15) is 17.0 Å². The quantitative estimate of drug-likeness (QED) is 0.140. The summed E-state index contributed by atoms with van der Waals surface area (Å²) >= 11 is 0. The minimum atomic E-state index is -0.736. The zero-order chi connectivity index (χ0) is 33.7. The highest BCUT2D eigenvalue weighted by Crippen LogP contribution is 2.31. The Hall–Kier alpha value is -3.41. The van der Waals surface area contributed by atoms with Crippen LogP contribution in [0.5, 0.6) is 0 Å². The molecule has 0 fully saturated rings. The summed E-state index contributed by atoms with van der Waals surface area (Å²) in [7, 11) is 5.94. The van der Waals surface area contributed by atoms with E-state index in [-0.39, 0.29) is 34.4 Å². The van der Waals surface area contributed by atoms with Crippen molar-refractivity contribution in [3.63, 3.8) is 0 Å². The van der Waals surface area contributed by atoms with Crippen molar-refractivity contribution in [3.8, 4) is 0 Å². The Morgan fingerprint density at radius 2 is 1.73 bits per heavy atom. The van der Waals surface area contributed by atoms with Gasteiger partial charge in [0, 0.05) is 19.2 Å². The van der Waals surface area contributed by atoms with E-state index in [9.17, 15) is 14.0 Å². The summed E-state index contributed by atoms with van der Waals surface area (Å²) in [4.78, 5) is 40.4. The van der Waals surface area contributed by atoms with Gasteiger partial charge in [-0.25, -0.2) is 15.4 Å². The molecule has 1 unspecified atom stereocenters. The van der Waals surface area contributed by atoms with Crippen LogP contribution in [0, 0.1) is 18.8 Å². The number of unbranched alkanes of at least 4 members (excludes halogenated alkanes) is 1. The fourth-order valence-corrected chi connectivity index (χ4v) is 3.56. The average molecular weight is 619 g/mol. The number of nitrogens with one attached hydrogen (secondary N) is 3. The SMILES string of the molecule is CC.CCC(C)ONC.CCCC[C@H](C)C(=O)Nc1c(C(=O)Nc2ccc(C)cn2)oc2ccc(F)nc12.CCCN(C)C. The van der Waals surface area contributed by atoms with Crippen LogP contribution in [-0.2, 0) is 9.63 Å². The molecule has 0 radical (unpaired) electrons. The third-order valence-corrected chi connectivity index (χ3v) is 6.11. The van der Waals surface area contributed by atoms with Gasteiger partial charge in [0.15, 0.2) is 5.58 Å². The second kappa shape index (κ2) is 23.0. The number of nitrogens with zero attached hydrogens (tertiary/aromatic N) is 3. The Balaban J connectivity index is 0.00000103. The van der Waals surface area contributed by atoms with Gasteiger partial charge in [-0.3, -0.25) is 14.4 Å². The Labute approximate surface area is 263 Å². The first-order valence-corrected chi connectivity index (χ1v) is 15.6. The van der Waals surface area contributed by atoms with Crippen molar-refractivity contribution in [1.29, 1.82) is 0 Å². The number of aryl methyl sites for hydroxylation is 1. The van der Waals surface area contributed by atoms with E-state index in [0.29, 0.717) is 18.3 Å². The number of rotatable bonds is 12. The molecule has 10 nitrogen and oxygen atoms in total. The van der Waals surface area contributed by atoms with E-state index in [1.165, 1.54) is 19.0 Å². The number of amides is 2. The molecule has 3 heterocycles. The molecule has 2 amide bonds. The zero-order valence-corrected chi connectivity index (χ0v) is 28.6. The van der Waals surface area contributed by atoms with Crippen molar-refractivity contribution in [2.75, 3.05) is 38.3 Å². The monoisotopic (exact) mass is 618 g/mol. The summed E-state index contributed by atoms with van der Waals surface area (Å²) in [6, 6.07) is 5.95. The lowest BCUT2D eigenvalue weighted by atomic mass is 10.0. The Morgan fingerprint density at radius 1 is 1.05 bits per heavy atom. The van der Waals surface area contributed by atoms with Crippen LogP contribution in [0.4, 0.5) is 15.9 Å². The number of carbonyl (C=O) groups excluding carboxylic acids is 2. The summed E-state index contributed by atoms with van der Waals surface area (Å²) < 4.78 is 19.3. The normalized spacial score (nSPS) is 11.7. The lowest BCUT2D eigenvalue weighted by Crippen LogP contribution is -2.22. The number of halogens is 1. The molecule has 11 heteroatoms. The molecule has 2 atom stereocenters. The number of carbonyl (C=O) groups is 2. The summed E-state index contributed by atoms with van der Waals surface area (Å²) in [5.41, 5.74) is 3.90. The molecule has 3 N–H and O–H groups in total. The van der Waals surface area contributed by atoms with Crippen molar-refractivity contribution < 1.29 is 23.2 Å². The van der Waals surface area contributed by atoms with Crippen LogP contribution in [0.3, 0.4) is 0 Å². The van der Waals surface area contributed by atoms with E-state index >= 15 is 0 Å². The van der Waals surface area contributed by atoms with E-state index in [0.717, 1.165) is 30.9 Å². The van der Waals surface area contributed by atoms with Crippen molar-refractivity contribution in [2.45, 2.75) is 93.6 Å². The van der Waals surface area contributed by atoms with Gasteiger partial charge in [-0.05, 0) is 77.5 Å². The first kappa shape index (κ1) is 40.6. The van der Waals surface area contributed by atoms with E-state index in [1.54, 1.807) is 32.3 Å². The second-order valence-electron chi connectivity index (χ2n) is 10.3. The molecule has 44 heavy (non-hydrogen) atoms. The number of hydrogen-bond donors (Lipinski definition) is 3. The molecule has 0 aliphatic heterocycles. The Kier molecular flexibility index (Phi) is 21.3. The lowest BCUT2D eigenvalue weighted by molar-refractivity contribution is -0.119. The summed E-state index contributed by atoms with van der Waals surface area (Å²) in [6.07, 6.45) is 6.84. The molecular weight excluding hydrogens is 563 g/mol. The molecule has 0 spiro atoms. The van der Waals surface area contributed by atoms with E-state index in [4.69, 9.17) is 9.25 Å². The van der Waals surface area contributed by atoms with Gasteiger partial charge in [-0.15, -0.1) is 0 Å². The molecule has 3 rings (SSSR count). The highest BCUT2D eigenvalue weighted by Gasteiger charge is 2.25. The average Bonchev–Trinajstić information content (AvgIpc) is 3.36. The number of furan rings is 1. The maximum absolute atomic E-state index is 13.7. The smallest absolute Gasteiger partial charge is 0.294 e. The third-order valence-electron chi connectivity index (χ3n) is 6.11. The maximum Gasteiger partial charge on any atom is 0.294 e. The van der Waals surface area contributed by atoms with Gasteiger partial charge in [-0.2, -0.15) is 4.39 Å². The molecule has 0 aliphatic rings. The molecule has 3 aromatic rings. The number of pyridine rings is 2. The molecule has 3 aromatic heterocycles. The van der Waals surface area contributed by atoms with E-state index in [2.05, 4.69) is 58.9 Å². The van der Waals surface area contributed by atoms with Crippen LogP contribution in [0.2, 0.25) is 0 Å². The number of hydrogen-bond acceptors (Lipinski definition) is 8. The van der Waals surface area contributed by atoms with E-state index in [1.807, 2.05) is 34.6 Å². The van der Waals surface area contributed by atoms with Gasteiger partial charge < -0.3 is 20.0 Å². The standard InChI is InChI=1S/C21H23FN4O3.C5H13NO.C5H13N.C2H6/c1-4-5-6-13(3)20(27)26-18-17-14(8-9-15(22)24-17)29-19(18)21(28)25-16-10-7-12(2)11-23-16;1-4-5(2)7-6-3;1-4-5-6(2)3;1-2/h7-11,13H,4-6H2,1-3H3,(H,26,27)(H,23,25,28);5-6H,4H2,1-3H3;4-5H2,1-3H3;1-2H3/t13-;;;/m0.../s1. The third kappa shape index (κ3) is 15.4. The predicted octanol–water partition coefficient (Wildman–Crippen LogP) is 7.61. The van der Waals surface area contributed by atoms with Crippen LogP contribution in [-0.4, -0.2) is 60.5 Å². The second-order valence-corrected chi connectivity index (χ2v) is 10.3. The fraction of sp³-hybridized carbons (Fsp3) is 0.576. The summed E-state index contributed by atoms with van der Waals surface area (Å²) in [6.45, 7) is 17.2. The number of hydroxylamine groups is 1. The molecular formula is C33H55FN6O4. The highest BCUT2D eigenvalue weighted by molar-refractivity contribution is 6.13. The van der Waals surface area contributed by atoms with Crippen LogP contribution in [0.1, 0.15) is 96.7 Å². The first-order valence-electron chi connectivity index (χ1n) is 15.6. The maximum atomic E-state index is 13.7. The van der Waals surface area contributed by atoms with Crippen LogP contribution in [0.25, 0.3) is 11.1 Å². The number of anilines is 2. The van der Waals surface area contributed by atoms with Crippen LogP contribution >= 0.6 is 0 Å². The van der Waals surface area contributed by atoms with Gasteiger partial charge in [0.05, 0.1) is 6.10 Å². The number of fused-ring (bicyclic) bond motifs is 1. The molecule has 0 saturated heterocycles. The van der Waals surface area contributed by atoms with Crippen LogP contribution in [0.15, 0.2) is 34.9 Å². The van der Waals surface area contributed by atoms with Crippen molar-refractivity contribution in [2.24, 2.45) is 5.92 Å². The van der Waals surface area contributed by atoms with Crippen molar-refractivity contribution in [3.05, 3.63) is 47.7 Å². The van der Waals surface area contributed by atoms with Gasteiger partial charge >= 0.3 is 0 Å². The molecule has 0 aliphatic carbocycles. The number of aromatic nitrogens is 2. The zero-order valence-electron chi connectivity index (χ0n) is 28.6. The highest BCUT2D eigenvalue weighted by atomic mass is 19.1. The predicted molar refractivity (Wildman–Crippen MR) is 178 cm³/mol. The summed E-state index contributed by atoms with van der Waals surface area (Å²) in [5, 5.41) is 5.32.